The molecule has 98 valence electrons. The van der Waals surface area contributed by atoms with Crippen molar-refractivity contribution in [1.82, 2.24) is 0 Å². The van der Waals surface area contributed by atoms with E-state index in [0.717, 1.165) is 22.1 Å². The predicted molar refractivity (Wildman–Crippen MR) is 73.4 cm³/mol. The number of rotatable bonds is 3. The molecule has 0 heterocycles. The maximum absolute atomic E-state index is 13.6. The van der Waals surface area contributed by atoms with Gasteiger partial charge in [0.05, 0.1) is 0 Å². The summed E-state index contributed by atoms with van der Waals surface area (Å²) in [7, 11) is 0. The Morgan fingerprint density at radius 3 is 2.58 bits per heavy atom. The molecule has 0 unspecified atom stereocenters. The van der Waals surface area contributed by atoms with Gasteiger partial charge < -0.3 is 5.11 Å². The van der Waals surface area contributed by atoms with Crippen LogP contribution < -0.4 is 0 Å². The zero-order valence-corrected chi connectivity index (χ0v) is 11.4. The molecule has 0 spiro atoms. The zero-order chi connectivity index (χ0) is 14.0. The van der Waals surface area contributed by atoms with Crippen LogP contribution >= 0.6 is 11.8 Å². The fourth-order valence-electron chi connectivity index (χ4n) is 1.73. The van der Waals surface area contributed by atoms with Crippen LogP contribution in [0.3, 0.4) is 0 Å². The number of aryl methyl sites for hydroxylation is 2. The molecule has 0 bridgehead atoms. The summed E-state index contributed by atoms with van der Waals surface area (Å²) in [5.41, 5.74) is 1.85. The Balaban J connectivity index is 2.46. The third-order valence-corrected chi connectivity index (χ3v) is 3.97. The minimum absolute atomic E-state index is 0.270. The quantitative estimate of drug-likeness (QED) is 0.908. The molecule has 0 amide bonds. The third-order valence-electron chi connectivity index (χ3n) is 2.75. The van der Waals surface area contributed by atoms with Crippen LogP contribution in [-0.2, 0) is 0 Å². The van der Waals surface area contributed by atoms with Crippen molar-refractivity contribution < 1.29 is 14.3 Å². The Labute approximate surface area is 115 Å². The molecule has 19 heavy (non-hydrogen) atoms. The monoisotopic (exact) mass is 276 g/mol. The standard InChI is InChI=1S/C15H13FO2S/c1-9-6-7-10(2)13(8-9)19-12-5-3-4-11(16)14(12)15(17)18/h3-8H,1-2H3,(H,17,18). The molecule has 2 aromatic carbocycles. The average molecular weight is 276 g/mol. The lowest BCUT2D eigenvalue weighted by atomic mass is 10.2. The van der Waals surface area contributed by atoms with Crippen molar-refractivity contribution in [3.05, 3.63) is 58.9 Å². The number of carbonyl (C=O) groups is 1. The smallest absolute Gasteiger partial charge is 0.339 e. The molecule has 2 nitrogen and oxygen atoms in total. The summed E-state index contributed by atoms with van der Waals surface area (Å²) in [5, 5.41) is 9.10. The average Bonchev–Trinajstić information content (AvgIpc) is 2.33. The van der Waals surface area contributed by atoms with Gasteiger partial charge in [0.25, 0.3) is 0 Å². The van der Waals surface area contributed by atoms with Crippen molar-refractivity contribution in [2.75, 3.05) is 0 Å². The Kier molecular flexibility index (Phi) is 3.90. The fourth-order valence-corrected chi connectivity index (χ4v) is 2.88. The molecular weight excluding hydrogens is 263 g/mol. The van der Waals surface area contributed by atoms with E-state index >= 15 is 0 Å². The second kappa shape index (κ2) is 5.45. The Morgan fingerprint density at radius 2 is 1.89 bits per heavy atom. The lowest BCUT2D eigenvalue weighted by Gasteiger charge is -2.09. The fraction of sp³-hybridized carbons (Fsp3) is 0.133. The van der Waals surface area contributed by atoms with Gasteiger partial charge in [-0.2, -0.15) is 0 Å². The van der Waals surface area contributed by atoms with E-state index < -0.39 is 11.8 Å². The number of halogens is 1. The first kappa shape index (κ1) is 13.6. The highest BCUT2D eigenvalue weighted by Crippen LogP contribution is 2.34. The van der Waals surface area contributed by atoms with Gasteiger partial charge in [0.15, 0.2) is 0 Å². The number of hydrogen-bond donors (Lipinski definition) is 1. The second-order valence-electron chi connectivity index (χ2n) is 4.29. The molecule has 0 aromatic heterocycles. The molecule has 0 aliphatic rings. The summed E-state index contributed by atoms with van der Waals surface area (Å²) < 4.78 is 13.6. The minimum Gasteiger partial charge on any atom is -0.478 e. The third kappa shape index (κ3) is 2.96. The van der Waals surface area contributed by atoms with E-state index in [1.165, 1.54) is 17.8 Å². The van der Waals surface area contributed by atoms with Crippen molar-refractivity contribution >= 4 is 17.7 Å². The van der Waals surface area contributed by atoms with Crippen LogP contribution in [0.25, 0.3) is 0 Å². The Hall–Kier alpha value is -1.81. The zero-order valence-electron chi connectivity index (χ0n) is 10.6. The molecule has 4 heteroatoms. The molecule has 0 aliphatic heterocycles. The molecule has 0 fully saturated rings. The first-order chi connectivity index (χ1) is 8.99. The largest absolute Gasteiger partial charge is 0.478 e. The number of benzene rings is 2. The topological polar surface area (TPSA) is 37.3 Å². The minimum atomic E-state index is -1.24. The molecular formula is C15H13FO2S. The molecule has 0 saturated carbocycles. The normalized spacial score (nSPS) is 10.5. The van der Waals surface area contributed by atoms with Gasteiger partial charge >= 0.3 is 5.97 Å². The molecule has 1 N–H and O–H groups in total. The van der Waals surface area contributed by atoms with Crippen LogP contribution in [0.2, 0.25) is 0 Å². The molecule has 2 rings (SSSR count). The maximum atomic E-state index is 13.6. The van der Waals surface area contributed by atoms with Crippen molar-refractivity contribution in [1.29, 1.82) is 0 Å². The van der Waals surface area contributed by atoms with Gasteiger partial charge in [-0.3, -0.25) is 0 Å². The van der Waals surface area contributed by atoms with E-state index in [4.69, 9.17) is 5.11 Å². The Morgan fingerprint density at radius 1 is 1.16 bits per heavy atom. The molecule has 2 aromatic rings. The van der Waals surface area contributed by atoms with Crippen molar-refractivity contribution in [3.8, 4) is 0 Å². The maximum Gasteiger partial charge on any atom is 0.339 e. The van der Waals surface area contributed by atoms with E-state index in [9.17, 15) is 9.18 Å². The summed E-state index contributed by atoms with van der Waals surface area (Å²) in [5.74, 6) is -1.95. The second-order valence-corrected chi connectivity index (χ2v) is 5.37. The number of aromatic carboxylic acids is 1. The molecule has 0 saturated heterocycles. The molecule has 0 atom stereocenters. The van der Waals surface area contributed by atoms with E-state index in [-0.39, 0.29) is 5.56 Å². The Bertz CT molecular complexity index is 638. The lowest BCUT2D eigenvalue weighted by Crippen LogP contribution is -2.02. The van der Waals surface area contributed by atoms with Gasteiger partial charge in [0.1, 0.15) is 11.4 Å². The van der Waals surface area contributed by atoms with Crippen LogP contribution in [0.1, 0.15) is 21.5 Å². The van der Waals surface area contributed by atoms with Crippen molar-refractivity contribution in [2.24, 2.45) is 0 Å². The number of carboxylic acids is 1. The highest BCUT2D eigenvalue weighted by molar-refractivity contribution is 7.99. The van der Waals surface area contributed by atoms with E-state index in [0.29, 0.717) is 4.90 Å². The van der Waals surface area contributed by atoms with E-state index in [1.54, 1.807) is 6.07 Å². The predicted octanol–water partition coefficient (Wildman–Crippen LogP) is 4.29. The summed E-state index contributed by atoms with van der Waals surface area (Å²) >= 11 is 1.28. The van der Waals surface area contributed by atoms with E-state index in [1.807, 2.05) is 32.0 Å². The first-order valence-corrected chi connectivity index (χ1v) is 6.57. The number of hydrogen-bond acceptors (Lipinski definition) is 2. The van der Waals surface area contributed by atoms with Crippen molar-refractivity contribution in [2.45, 2.75) is 23.6 Å². The highest BCUT2D eigenvalue weighted by atomic mass is 32.2. The van der Waals surface area contributed by atoms with E-state index in [2.05, 4.69) is 0 Å². The summed E-state index contributed by atoms with van der Waals surface area (Å²) in [6, 6.07) is 10.2. The van der Waals surface area contributed by atoms with Gasteiger partial charge in [-0.15, -0.1) is 0 Å². The van der Waals surface area contributed by atoms with Crippen LogP contribution in [0.15, 0.2) is 46.2 Å². The lowest BCUT2D eigenvalue weighted by molar-refractivity contribution is 0.0688. The SMILES string of the molecule is Cc1ccc(C)c(Sc2cccc(F)c2C(=O)O)c1. The summed E-state index contributed by atoms with van der Waals surface area (Å²) in [6.07, 6.45) is 0. The van der Waals surface area contributed by atoms with Gasteiger partial charge in [0, 0.05) is 9.79 Å². The molecule has 0 radical (unpaired) electrons. The van der Waals surface area contributed by atoms with Crippen LogP contribution in [0, 0.1) is 19.7 Å². The molecule has 0 aliphatic carbocycles. The number of carboxylic acid groups (broad SMARTS) is 1. The van der Waals surface area contributed by atoms with Crippen molar-refractivity contribution in [3.63, 3.8) is 0 Å². The van der Waals surface area contributed by atoms with Gasteiger partial charge in [-0.1, -0.05) is 30.0 Å². The summed E-state index contributed by atoms with van der Waals surface area (Å²) in [6.45, 7) is 3.91. The van der Waals surface area contributed by atoms with Crippen LogP contribution in [0.5, 0.6) is 0 Å². The van der Waals surface area contributed by atoms with Crippen LogP contribution in [0.4, 0.5) is 4.39 Å². The summed E-state index contributed by atoms with van der Waals surface area (Å²) in [4.78, 5) is 12.5. The van der Waals surface area contributed by atoms with Gasteiger partial charge in [-0.25, -0.2) is 9.18 Å². The van der Waals surface area contributed by atoms with Gasteiger partial charge in [0.2, 0.25) is 0 Å². The van der Waals surface area contributed by atoms with Gasteiger partial charge in [-0.05, 0) is 43.2 Å². The van der Waals surface area contributed by atoms with Crippen LogP contribution in [-0.4, -0.2) is 11.1 Å². The first-order valence-electron chi connectivity index (χ1n) is 5.76. The highest BCUT2D eigenvalue weighted by Gasteiger charge is 2.16.